The molecule has 3 rings (SSSR count). The molecular formula is C19H23F3N4O2. The smallest absolute Gasteiger partial charge is 0.361 e. The van der Waals surface area contributed by atoms with E-state index in [1.165, 1.54) is 6.07 Å². The van der Waals surface area contributed by atoms with Gasteiger partial charge in [-0.05, 0) is 45.2 Å². The Kier molecular flexibility index (Phi) is 5.90. The predicted molar refractivity (Wildman–Crippen MR) is 96.9 cm³/mol. The molecule has 1 atom stereocenters. The number of pyridine rings is 1. The number of aryl methyl sites for hydroxylation is 2. The number of carbonyl (C=O) groups is 1. The van der Waals surface area contributed by atoms with Crippen LogP contribution in [0.3, 0.4) is 0 Å². The van der Waals surface area contributed by atoms with Crippen molar-refractivity contribution in [3.05, 3.63) is 40.9 Å². The second-order valence-corrected chi connectivity index (χ2v) is 7.06. The maximum absolute atomic E-state index is 12.7. The Labute approximate surface area is 161 Å². The SMILES string of the molecule is Cc1noc(C)c1CCC(=O)NC1CCCN(c2ccc(C(F)(F)F)cn2)C1. The van der Waals surface area contributed by atoms with Crippen molar-refractivity contribution in [3.63, 3.8) is 0 Å². The number of nitrogens with zero attached hydrogens (tertiary/aromatic N) is 3. The van der Waals surface area contributed by atoms with E-state index in [9.17, 15) is 18.0 Å². The van der Waals surface area contributed by atoms with Crippen LogP contribution in [-0.2, 0) is 17.4 Å². The minimum Gasteiger partial charge on any atom is -0.361 e. The number of nitrogens with one attached hydrogen (secondary N) is 1. The molecule has 9 heteroatoms. The summed E-state index contributed by atoms with van der Waals surface area (Å²) in [6.07, 6.45) is -1.00. The molecule has 152 valence electrons. The van der Waals surface area contributed by atoms with Gasteiger partial charge < -0.3 is 14.7 Å². The zero-order chi connectivity index (χ0) is 20.3. The van der Waals surface area contributed by atoms with Crippen molar-refractivity contribution >= 4 is 11.7 Å². The number of hydrogen-bond acceptors (Lipinski definition) is 5. The summed E-state index contributed by atoms with van der Waals surface area (Å²) in [5.74, 6) is 1.15. The van der Waals surface area contributed by atoms with E-state index in [0.29, 0.717) is 31.7 Å². The van der Waals surface area contributed by atoms with Crippen LogP contribution in [0, 0.1) is 13.8 Å². The summed E-state index contributed by atoms with van der Waals surface area (Å²) in [7, 11) is 0. The predicted octanol–water partition coefficient (Wildman–Crippen LogP) is 3.42. The number of amides is 1. The molecule has 0 aromatic carbocycles. The Hall–Kier alpha value is -2.58. The van der Waals surface area contributed by atoms with Gasteiger partial charge in [-0.2, -0.15) is 13.2 Å². The van der Waals surface area contributed by atoms with Gasteiger partial charge in [-0.15, -0.1) is 0 Å². The van der Waals surface area contributed by atoms with Crippen molar-refractivity contribution in [2.24, 2.45) is 0 Å². The van der Waals surface area contributed by atoms with E-state index in [1.54, 1.807) is 0 Å². The van der Waals surface area contributed by atoms with Crippen LogP contribution in [0.5, 0.6) is 0 Å². The average Bonchev–Trinajstić information content (AvgIpc) is 2.97. The Bertz CT molecular complexity index is 798. The number of carbonyl (C=O) groups excluding carboxylic acids is 1. The molecule has 0 bridgehead atoms. The number of rotatable bonds is 5. The number of alkyl halides is 3. The van der Waals surface area contributed by atoms with Gasteiger partial charge in [-0.25, -0.2) is 4.98 Å². The van der Waals surface area contributed by atoms with Crippen LogP contribution in [0.4, 0.5) is 19.0 Å². The van der Waals surface area contributed by atoms with Crippen LogP contribution in [0.15, 0.2) is 22.9 Å². The highest BCUT2D eigenvalue weighted by Crippen LogP contribution is 2.29. The molecule has 0 spiro atoms. The first-order valence-electron chi connectivity index (χ1n) is 9.23. The van der Waals surface area contributed by atoms with E-state index in [1.807, 2.05) is 18.7 Å². The molecule has 1 unspecified atom stereocenters. The summed E-state index contributed by atoms with van der Waals surface area (Å²) < 4.78 is 43.1. The van der Waals surface area contributed by atoms with Crippen LogP contribution in [0.2, 0.25) is 0 Å². The molecule has 1 fully saturated rings. The Morgan fingerprint density at radius 1 is 1.36 bits per heavy atom. The maximum atomic E-state index is 12.7. The van der Waals surface area contributed by atoms with Crippen molar-refractivity contribution in [1.29, 1.82) is 0 Å². The van der Waals surface area contributed by atoms with Crippen molar-refractivity contribution in [1.82, 2.24) is 15.5 Å². The van der Waals surface area contributed by atoms with E-state index < -0.39 is 11.7 Å². The van der Waals surface area contributed by atoms with Gasteiger partial charge in [0, 0.05) is 37.3 Å². The van der Waals surface area contributed by atoms with E-state index in [2.05, 4.69) is 15.5 Å². The zero-order valence-electron chi connectivity index (χ0n) is 15.8. The molecule has 0 aliphatic carbocycles. The lowest BCUT2D eigenvalue weighted by atomic mass is 10.0. The lowest BCUT2D eigenvalue weighted by molar-refractivity contribution is -0.137. The summed E-state index contributed by atoms with van der Waals surface area (Å²) in [6.45, 7) is 4.89. The quantitative estimate of drug-likeness (QED) is 0.839. The second kappa shape index (κ2) is 8.20. The topological polar surface area (TPSA) is 71.3 Å². The first-order chi connectivity index (χ1) is 13.2. The van der Waals surface area contributed by atoms with Crippen LogP contribution < -0.4 is 10.2 Å². The lowest BCUT2D eigenvalue weighted by Crippen LogP contribution is -2.48. The molecule has 6 nitrogen and oxygen atoms in total. The molecule has 28 heavy (non-hydrogen) atoms. The minimum atomic E-state index is -4.40. The highest BCUT2D eigenvalue weighted by Gasteiger charge is 2.31. The highest BCUT2D eigenvalue weighted by molar-refractivity contribution is 5.76. The molecule has 3 heterocycles. The van der Waals surface area contributed by atoms with Gasteiger partial charge in [0.05, 0.1) is 11.3 Å². The molecule has 2 aromatic heterocycles. The van der Waals surface area contributed by atoms with E-state index in [0.717, 1.165) is 42.1 Å². The number of anilines is 1. The third-order valence-electron chi connectivity index (χ3n) is 4.97. The fourth-order valence-electron chi connectivity index (χ4n) is 3.44. The zero-order valence-corrected chi connectivity index (χ0v) is 15.8. The van der Waals surface area contributed by atoms with Gasteiger partial charge in [0.1, 0.15) is 11.6 Å². The molecule has 1 aliphatic heterocycles. The van der Waals surface area contributed by atoms with Gasteiger partial charge in [0.15, 0.2) is 0 Å². The summed E-state index contributed by atoms with van der Waals surface area (Å²) in [5, 5.41) is 6.90. The molecule has 2 aromatic rings. The van der Waals surface area contributed by atoms with E-state index in [-0.39, 0.29) is 11.9 Å². The summed E-state index contributed by atoms with van der Waals surface area (Å²) in [6, 6.07) is 2.36. The Balaban J connectivity index is 1.54. The fraction of sp³-hybridized carbons (Fsp3) is 0.526. The van der Waals surface area contributed by atoms with Gasteiger partial charge in [-0.1, -0.05) is 5.16 Å². The van der Waals surface area contributed by atoms with Crippen LogP contribution in [-0.4, -0.2) is 35.2 Å². The van der Waals surface area contributed by atoms with Crippen molar-refractivity contribution in [3.8, 4) is 0 Å². The molecule has 0 radical (unpaired) electrons. The lowest BCUT2D eigenvalue weighted by Gasteiger charge is -2.34. The Morgan fingerprint density at radius 3 is 2.75 bits per heavy atom. The van der Waals surface area contributed by atoms with Gasteiger partial charge in [0.25, 0.3) is 0 Å². The number of hydrogen-bond donors (Lipinski definition) is 1. The van der Waals surface area contributed by atoms with Crippen LogP contribution in [0.25, 0.3) is 0 Å². The van der Waals surface area contributed by atoms with Crippen molar-refractivity contribution < 1.29 is 22.5 Å². The van der Waals surface area contributed by atoms with Crippen LogP contribution in [0.1, 0.15) is 41.8 Å². The largest absolute Gasteiger partial charge is 0.417 e. The molecule has 1 amide bonds. The monoisotopic (exact) mass is 396 g/mol. The van der Waals surface area contributed by atoms with E-state index in [4.69, 9.17) is 4.52 Å². The number of halogens is 3. The second-order valence-electron chi connectivity index (χ2n) is 7.06. The standard InChI is InChI=1S/C19H23F3N4O2/c1-12-16(13(2)28-25-12)6-8-18(27)24-15-4-3-9-26(11-15)17-7-5-14(10-23-17)19(20,21)22/h5,7,10,15H,3-4,6,8-9,11H2,1-2H3,(H,24,27). The normalized spacial score (nSPS) is 17.6. The first-order valence-corrected chi connectivity index (χ1v) is 9.23. The third kappa shape index (κ3) is 4.82. The number of piperidine rings is 1. The fourth-order valence-corrected chi connectivity index (χ4v) is 3.44. The third-order valence-corrected chi connectivity index (χ3v) is 4.97. The van der Waals surface area contributed by atoms with E-state index >= 15 is 0 Å². The van der Waals surface area contributed by atoms with Gasteiger partial charge in [-0.3, -0.25) is 4.79 Å². The Morgan fingerprint density at radius 2 is 2.14 bits per heavy atom. The van der Waals surface area contributed by atoms with Crippen LogP contribution >= 0.6 is 0 Å². The van der Waals surface area contributed by atoms with Crippen molar-refractivity contribution in [2.45, 2.75) is 51.7 Å². The molecular weight excluding hydrogens is 373 g/mol. The molecule has 1 aliphatic rings. The average molecular weight is 396 g/mol. The highest BCUT2D eigenvalue weighted by atomic mass is 19.4. The summed E-state index contributed by atoms with van der Waals surface area (Å²) >= 11 is 0. The first kappa shape index (κ1) is 20.2. The van der Waals surface area contributed by atoms with Gasteiger partial charge in [0.2, 0.25) is 5.91 Å². The molecule has 1 N–H and O–H groups in total. The minimum absolute atomic E-state index is 0.0602. The number of aromatic nitrogens is 2. The summed E-state index contributed by atoms with van der Waals surface area (Å²) in [4.78, 5) is 18.2. The van der Waals surface area contributed by atoms with Crippen molar-refractivity contribution in [2.75, 3.05) is 18.0 Å². The maximum Gasteiger partial charge on any atom is 0.417 e. The summed E-state index contributed by atoms with van der Waals surface area (Å²) in [5.41, 5.74) is 0.981. The molecule has 0 saturated carbocycles. The van der Waals surface area contributed by atoms with Gasteiger partial charge >= 0.3 is 6.18 Å². The molecule has 1 saturated heterocycles.